The predicted molar refractivity (Wildman–Crippen MR) is 188 cm³/mol. The van der Waals surface area contributed by atoms with Crippen LogP contribution in [0.2, 0.25) is 0 Å². The summed E-state index contributed by atoms with van der Waals surface area (Å²) in [6, 6.07) is -7.29. The third kappa shape index (κ3) is 12.1. The Morgan fingerprint density at radius 2 is 1.25 bits per heavy atom. The van der Waals surface area contributed by atoms with Gasteiger partial charge in [-0.1, -0.05) is 34.1 Å². The lowest BCUT2D eigenvalue weighted by molar-refractivity contribution is -0.144. The quantitative estimate of drug-likeness (QED) is 0.0758. The number of hydrogen-bond donors (Lipinski definition) is 8. The topological polar surface area (TPSA) is 270 Å². The number of aliphatic hydroxyl groups is 1. The molecule has 7 amide bonds. The second-order valence-electron chi connectivity index (χ2n) is 14.3. The number of nitrogens with one attached hydrogen (secondary N) is 5. The molecule has 0 unspecified atom stereocenters. The van der Waals surface area contributed by atoms with Gasteiger partial charge >= 0.3 is 5.97 Å². The molecular weight excluding hydrogens is 680 g/mol. The molecule has 0 bridgehead atoms. The molecule has 2 aliphatic heterocycles. The van der Waals surface area contributed by atoms with E-state index in [1.165, 1.54) is 30.6 Å². The Bertz CT molecular complexity index is 1330. The van der Waals surface area contributed by atoms with E-state index in [1.54, 1.807) is 13.8 Å². The molecular formula is C34H58N8O10. The summed E-state index contributed by atoms with van der Waals surface area (Å²) in [4.78, 5) is 105. The van der Waals surface area contributed by atoms with Gasteiger partial charge in [0.25, 0.3) is 0 Å². The van der Waals surface area contributed by atoms with E-state index in [0.717, 1.165) is 0 Å². The molecule has 0 aromatic rings. The van der Waals surface area contributed by atoms with E-state index in [9.17, 15) is 48.6 Å². The Hall–Kier alpha value is -4.32. The SMILES string of the molecule is CC[C@H](C)[C@H](NC(=O)[C@@H](NC(=O)CNC(=O)[C@@H]1CCCN1C(=O)[C@H](C)NC(=O)[C@@H]1CCCN1C(=O)[C@H](C)NC(=O)[C@@H](N)CC(C)C)[C@@H](C)O)C(=O)O. The number of nitrogens with two attached hydrogens (primary N) is 1. The zero-order chi connectivity index (χ0) is 39.4. The van der Waals surface area contributed by atoms with Crippen LogP contribution in [0.5, 0.6) is 0 Å². The van der Waals surface area contributed by atoms with Gasteiger partial charge in [-0.3, -0.25) is 33.6 Å². The van der Waals surface area contributed by atoms with Crippen molar-refractivity contribution >= 4 is 47.3 Å². The van der Waals surface area contributed by atoms with Gasteiger partial charge in [0.1, 0.15) is 36.3 Å². The number of carbonyl (C=O) groups excluding carboxylic acids is 7. The van der Waals surface area contributed by atoms with Crippen LogP contribution in [0.25, 0.3) is 0 Å². The molecule has 2 fully saturated rings. The second-order valence-corrected chi connectivity index (χ2v) is 14.3. The Morgan fingerprint density at radius 3 is 1.73 bits per heavy atom. The van der Waals surface area contributed by atoms with Crippen molar-refractivity contribution in [2.24, 2.45) is 17.6 Å². The summed E-state index contributed by atoms with van der Waals surface area (Å²) in [5.74, 6) is -5.86. The van der Waals surface area contributed by atoms with Gasteiger partial charge in [0.15, 0.2) is 0 Å². The van der Waals surface area contributed by atoms with Crippen molar-refractivity contribution in [3.05, 3.63) is 0 Å². The van der Waals surface area contributed by atoms with Crippen molar-refractivity contribution in [1.29, 1.82) is 0 Å². The lowest BCUT2D eigenvalue weighted by Gasteiger charge is -2.30. The van der Waals surface area contributed by atoms with Crippen LogP contribution in [0.3, 0.4) is 0 Å². The van der Waals surface area contributed by atoms with E-state index >= 15 is 0 Å². The van der Waals surface area contributed by atoms with E-state index in [-0.39, 0.29) is 12.5 Å². The molecule has 9 atom stereocenters. The molecule has 0 spiro atoms. The van der Waals surface area contributed by atoms with Gasteiger partial charge in [0.05, 0.1) is 18.7 Å². The van der Waals surface area contributed by atoms with Crippen LogP contribution < -0.4 is 32.3 Å². The molecule has 18 nitrogen and oxygen atoms in total. The first kappa shape index (κ1) is 43.8. The van der Waals surface area contributed by atoms with Crippen LogP contribution in [0.4, 0.5) is 0 Å². The predicted octanol–water partition coefficient (Wildman–Crippen LogP) is -2.05. The van der Waals surface area contributed by atoms with Gasteiger partial charge in [-0.15, -0.1) is 0 Å². The van der Waals surface area contributed by atoms with Crippen LogP contribution >= 0.6 is 0 Å². The number of hydrogen-bond acceptors (Lipinski definition) is 10. The fourth-order valence-electron chi connectivity index (χ4n) is 6.31. The van der Waals surface area contributed by atoms with Crippen molar-refractivity contribution < 1.29 is 48.6 Å². The highest BCUT2D eigenvalue weighted by Gasteiger charge is 2.40. The molecule has 52 heavy (non-hydrogen) atoms. The van der Waals surface area contributed by atoms with Gasteiger partial charge in [0, 0.05) is 13.1 Å². The summed E-state index contributed by atoms with van der Waals surface area (Å²) in [7, 11) is 0. The maximum absolute atomic E-state index is 13.4. The molecule has 2 saturated heterocycles. The maximum Gasteiger partial charge on any atom is 0.326 e. The summed E-state index contributed by atoms with van der Waals surface area (Å²) in [6.45, 7) is 11.4. The van der Waals surface area contributed by atoms with Gasteiger partial charge < -0.3 is 52.3 Å². The van der Waals surface area contributed by atoms with Crippen molar-refractivity contribution in [3.8, 4) is 0 Å². The zero-order valence-electron chi connectivity index (χ0n) is 31.3. The smallest absolute Gasteiger partial charge is 0.326 e. The van der Waals surface area contributed by atoms with Crippen LogP contribution in [-0.4, -0.2) is 135 Å². The monoisotopic (exact) mass is 738 g/mol. The van der Waals surface area contributed by atoms with Crippen molar-refractivity contribution in [3.63, 3.8) is 0 Å². The number of aliphatic carboxylic acids is 1. The van der Waals surface area contributed by atoms with Crippen molar-refractivity contribution in [2.75, 3.05) is 19.6 Å². The molecule has 0 saturated carbocycles. The minimum Gasteiger partial charge on any atom is -0.480 e. The highest BCUT2D eigenvalue weighted by atomic mass is 16.4. The van der Waals surface area contributed by atoms with E-state index in [2.05, 4.69) is 26.6 Å². The minimum atomic E-state index is -1.50. The van der Waals surface area contributed by atoms with Crippen LogP contribution in [0, 0.1) is 11.8 Å². The van der Waals surface area contributed by atoms with Crippen LogP contribution in [0.15, 0.2) is 0 Å². The Kier molecular flexibility index (Phi) is 16.9. The van der Waals surface area contributed by atoms with E-state index in [4.69, 9.17) is 5.73 Å². The van der Waals surface area contributed by atoms with Crippen LogP contribution in [0.1, 0.15) is 87.0 Å². The van der Waals surface area contributed by atoms with E-state index in [1.807, 2.05) is 13.8 Å². The number of nitrogens with zero attached hydrogens (tertiary/aromatic N) is 2. The normalized spacial score (nSPS) is 21.2. The average Bonchev–Trinajstić information content (AvgIpc) is 3.77. The minimum absolute atomic E-state index is 0.188. The molecule has 18 heteroatoms. The van der Waals surface area contributed by atoms with Gasteiger partial charge in [-0.2, -0.15) is 0 Å². The maximum atomic E-state index is 13.4. The number of carboxylic acid groups (broad SMARTS) is 1. The van der Waals surface area contributed by atoms with Gasteiger partial charge in [0.2, 0.25) is 41.4 Å². The fourth-order valence-corrected chi connectivity index (χ4v) is 6.31. The number of amides is 7. The zero-order valence-corrected chi connectivity index (χ0v) is 31.3. The Labute approximate surface area is 304 Å². The van der Waals surface area contributed by atoms with Crippen molar-refractivity contribution in [2.45, 2.75) is 135 Å². The summed E-state index contributed by atoms with van der Waals surface area (Å²) in [5.41, 5.74) is 5.94. The fraction of sp³-hybridized carbons (Fsp3) is 0.765. The van der Waals surface area contributed by atoms with Gasteiger partial charge in [-0.05, 0) is 64.7 Å². The molecule has 2 aliphatic rings. The summed E-state index contributed by atoms with van der Waals surface area (Å²) < 4.78 is 0. The first-order chi connectivity index (χ1) is 24.3. The number of aliphatic hydroxyl groups excluding tert-OH is 1. The van der Waals surface area contributed by atoms with E-state index in [0.29, 0.717) is 45.1 Å². The van der Waals surface area contributed by atoms with Gasteiger partial charge in [-0.25, -0.2) is 4.79 Å². The number of likely N-dealkylation sites (tertiary alicyclic amines) is 2. The third-order valence-electron chi connectivity index (χ3n) is 9.48. The molecule has 0 aromatic heterocycles. The molecule has 0 radical (unpaired) electrons. The highest BCUT2D eigenvalue weighted by molar-refractivity contribution is 5.97. The standard InChI is InChI=1S/C34H58N8O10/c1-8-18(4)26(34(51)52)40-31(48)27(21(7)43)39-25(44)16-36-29(46)23-11-9-13-41(23)33(50)20(6)38-30(47)24-12-10-14-42(24)32(49)19(5)37-28(45)22(35)15-17(2)3/h17-24,26-27,43H,8-16,35H2,1-7H3,(H,36,46)(H,37,45)(H,38,47)(H,39,44)(H,40,48)(H,51,52)/t18-,19-,20-,21+,22-,23-,24-,26-,27-/m0/s1. The highest BCUT2D eigenvalue weighted by Crippen LogP contribution is 2.21. The number of rotatable bonds is 18. The number of carboxylic acids is 1. The Balaban J connectivity index is 1.96. The van der Waals surface area contributed by atoms with Crippen molar-refractivity contribution in [1.82, 2.24) is 36.4 Å². The third-order valence-corrected chi connectivity index (χ3v) is 9.48. The molecule has 0 aliphatic carbocycles. The summed E-state index contributed by atoms with van der Waals surface area (Å²) in [6.07, 6.45) is 1.20. The second kappa shape index (κ2) is 20.1. The Morgan fingerprint density at radius 1 is 0.731 bits per heavy atom. The largest absolute Gasteiger partial charge is 0.480 e. The molecule has 0 aromatic carbocycles. The first-order valence-corrected chi connectivity index (χ1v) is 18.1. The molecule has 9 N–H and O–H groups in total. The lowest BCUT2D eigenvalue weighted by Crippen LogP contribution is -2.58. The van der Waals surface area contributed by atoms with E-state index < -0.39 is 108 Å². The number of carbonyl (C=O) groups is 8. The average molecular weight is 739 g/mol. The molecule has 2 rings (SSSR count). The lowest BCUT2D eigenvalue weighted by atomic mass is 9.98. The summed E-state index contributed by atoms with van der Waals surface area (Å²) >= 11 is 0. The molecule has 294 valence electrons. The molecule has 2 heterocycles. The summed E-state index contributed by atoms with van der Waals surface area (Å²) in [5, 5.41) is 32.0. The first-order valence-electron chi connectivity index (χ1n) is 18.1. The van der Waals surface area contributed by atoms with Crippen LogP contribution in [-0.2, 0) is 38.4 Å².